The van der Waals surface area contributed by atoms with E-state index in [2.05, 4.69) is 38.2 Å². The molecule has 1 aliphatic heterocycles. The van der Waals surface area contributed by atoms with Crippen LogP contribution in [0.5, 0.6) is 0 Å². The van der Waals surface area contributed by atoms with Crippen molar-refractivity contribution < 1.29 is 4.74 Å². The molecule has 0 aromatic heterocycles. The molecule has 140 valence electrons. The van der Waals surface area contributed by atoms with E-state index in [1.165, 1.54) is 77.0 Å². The van der Waals surface area contributed by atoms with E-state index in [0.29, 0.717) is 12.2 Å². The zero-order chi connectivity index (χ0) is 17.3. The molecule has 0 spiro atoms. The molecule has 1 aliphatic rings. The molecule has 0 bridgehead atoms. The van der Waals surface area contributed by atoms with Crippen LogP contribution in [0.4, 0.5) is 0 Å². The lowest BCUT2D eigenvalue weighted by atomic mass is 10.1. The molecular weight excluding hydrogens is 292 g/mol. The Labute approximate surface area is 151 Å². The average Bonchev–Trinajstić information content (AvgIpc) is 3.34. The van der Waals surface area contributed by atoms with Crippen molar-refractivity contribution in [3.05, 3.63) is 24.3 Å². The van der Waals surface area contributed by atoms with Gasteiger partial charge < -0.3 is 4.74 Å². The molecule has 1 heteroatoms. The first-order chi connectivity index (χ1) is 11.9. The highest BCUT2D eigenvalue weighted by molar-refractivity contribution is 4.97. The normalized spacial score (nSPS) is 20.4. The van der Waals surface area contributed by atoms with Gasteiger partial charge in [0.05, 0.1) is 12.2 Å². The van der Waals surface area contributed by atoms with Crippen LogP contribution in [-0.4, -0.2) is 12.2 Å². The van der Waals surface area contributed by atoms with Crippen LogP contribution in [0.15, 0.2) is 24.3 Å². The molecule has 0 amide bonds. The van der Waals surface area contributed by atoms with Gasteiger partial charge in [-0.1, -0.05) is 102 Å². The van der Waals surface area contributed by atoms with E-state index in [-0.39, 0.29) is 0 Å². The second kappa shape index (κ2) is 15.9. The predicted octanol–water partition coefficient (Wildman–Crippen LogP) is 7.76. The molecule has 0 aliphatic carbocycles. The molecule has 0 N–H and O–H groups in total. The Morgan fingerprint density at radius 3 is 1.62 bits per heavy atom. The molecule has 0 saturated carbocycles. The Morgan fingerprint density at radius 2 is 1.08 bits per heavy atom. The molecular formula is C23H42O. The van der Waals surface area contributed by atoms with Crippen molar-refractivity contribution in [1.29, 1.82) is 0 Å². The summed E-state index contributed by atoms with van der Waals surface area (Å²) in [6, 6.07) is 0. The first-order valence-corrected chi connectivity index (χ1v) is 10.8. The van der Waals surface area contributed by atoms with Crippen LogP contribution in [0.1, 0.15) is 110 Å². The van der Waals surface area contributed by atoms with Gasteiger partial charge in [0.25, 0.3) is 0 Å². The fourth-order valence-electron chi connectivity index (χ4n) is 3.27. The van der Waals surface area contributed by atoms with Gasteiger partial charge in [0.15, 0.2) is 0 Å². The van der Waals surface area contributed by atoms with Gasteiger partial charge in [-0.2, -0.15) is 0 Å². The summed E-state index contributed by atoms with van der Waals surface area (Å²) < 4.78 is 5.67. The summed E-state index contributed by atoms with van der Waals surface area (Å²) >= 11 is 0. The van der Waals surface area contributed by atoms with Crippen LogP contribution in [0, 0.1) is 0 Å². The third-order valence-corrected chi connectivity index (χ3v) is 4.97. The molecule has 1 fully saturated rings. The van der Waals surface area contributed by atoms with Crippen molar-refractivity contribution in [3.8, 4) is 0 Å². The van der Waals surface area contributed by atoms with Crippen LogP contribution in [-0.2, 0) is 4.74 Å². The minimum Gasteiger partial charge on any atom is -0.369 e. The Morgan fingerprint density at radius 1 is 0.583 bits per heavy atom. The second-order valence-electron chi connectivity index (χ2n) is 7.36. The number of unbranched alkanes of at least 4 members (excludes halogenated alkanes) is 11. The summed E-state index contributed by atoms with van der Waals surface area (Å²) in [6.07, 6.45) is 30.5. The van der Waals surface area contributed by atoms with Gasteiger partial charge in [0, 0.05) is 0 Å². The number of rotatable bonds is 17. The number of allylic oxidation sites excluding steroid dienone is 2. The predicted molar refractivity (Wildman–Crippen MR) is 108 cm³/mol. The fraction of sp³-hybridized carbons (Fsp3) is 0.826. The van der Waals surface area contributed by atoms with Crippen LogP contribution in [0.3, 0.4) is 0 Å². The lowest BCUT2D eigenvalue weighted by Crippen LogP contribution is -1.90. The Balaban J connectivity index is 1.75. The van der Waals surface area contributed by atoms with Crippen LogP contribution < -0.4 is 0 Å². The lowest BCUT2D eigenvalue weighted by molar-refractivity contribution is 0.372. The largest absolute Gasteiger partial charge is 0.369 e. The summed E-state index contributed by atoms with van der Waals surface area (Å²) in [6.45, 7) is 4.47. The van der Waals surface area contributed by atoms with Gasteiger partial charge >= 0.3 is 0 Å². The first kappa shape index (κ1) is 21.5. The Bertz CT molecular complexity index is 318. The molecule has 0 radical (unpaired) electrons. The summed E-state index contributed by atoms with van der Waals surface area (Å²) in [7, 11) is 0. The molecule has 0 aromatic carbocycles. The van der Waals surface area contributed by atoms with E-state index >= 15 is 0 Å². The molecule has 1 rings (SSSR count). The average molecular weight is 335 g/mol. The lowest BCUT2D eigenvalue weighted by Gasteiger charge is -2.01. The van der Waals surface area contributed by atoms with Crippen molar-refractivity contribution >= 4 is 0 Å². The fourth-order valence-corrected chi connectivity index (χ4v) is 3.27. The van der Waals surface area contributed by atoms with E-state index in [1.54, 1.807) is 0 Å². The van der Waals surface area contributed by atoms with Gasteiger partial charge in [-0.3, -0.25) is 0 Å². The first-order valence-electron chi connectivity index (χ1n) is 10.8. The monoisotopic (exact) mass is 334 g/mol. The highest BCUT2D eigenvalue weighted by atomic mass is 16.6. The van der Waals surface area contributed by atoms with Crippen molar-refractivity contribution in [3.63, 3.8) is 0 Å². The molecule has 2 unspecified atom stereocenters. The summed E-state index contributed by atoms with van der Waals surface area (Å²) in [5.41, 5.74) is 0. The van der Waals surface area contributed by atoms with Crippen molar-refractivity contribution in [2.45, 2.75) is 122 Å². The summed E-state index contributed by atoms with van der Waals surface area (Å²) in [5, 5.41) is 0. The van der Waals surface area contributed by atoms with Crippen molar-refractivity contribution in [2.24, 2.45) is 0 Å². The van der Waals surface area contributed by atoms with Gasteiger partial charge in [-0.25, -0.2) is 0 Å². The van der Waals surface area contributed by atoms with Gasteiger partial charge in [-0.15, -0.1) is 0 Å². The van der Waals surface area contributed by atoms with Crippen molar-refractivity contribution in [1.82, 2.24) is 0 Å². The van der Waals surface area contributed by atoms with E-state index in [0.717, 1.165) is 19.3 Å². The van der Waals surface area contributed by atoms with Crippen LogP contribution >= 0.6 is 0 Å². The molecule has 24 heavy (non-hydrogen) atoms. The van der Waals surface area contributed by atoms with E-state index < -0.39 is 0 Å². The highest BCUT2D eigenvalue weighted by Crippen LogP contribution is 2.29. The third kappa shape index (κ3) is 12.8. The number of hydrogen-bond acceptors (Lipinski definition) is 1. The van der Waals surface area contributed by atoms with Crippen molar-refractivity contribution in [2.75, 3.05) is 0 Å². The highest BCUT2D eigenvalue weighted by Gasteiger charge is 2.35. The second-order valence-corrected chi connectivity index (χ2v) is 7.36. The molecule has 1 heterocycles. The minimum absolute atomic E-state index is 0.499. The summed E-state index contributed by atoms with van der Waals surface area (Å²) in [4.78, 5) is 0. The SMILES string of the molecule is CC/C=C\CC1OC1C/C=C\CCCCCCCCCCCCC. The maximum Gasteiger partial charge on any atom is 0.0879 e. The van der Waals surface area contributed by atoms with Gasteiger partial charge in [-0.05, 0) is 32.1 Å². The Hall–Kier alpha value is -0.560. The van der Waals surface area contributed by atoms with Gasteiger partial charge in [0.2, 0.25) is 0 Å². The maximum atomic E-state index is 5.67. The van der Waals surface area contributed by atoms with Crippen LogP contribution in [0.25, 0.3) is 0 Å². The quantitative estimate of drug-likeness (QED) is 0.150. The maximum absolute atomic E-state index is 5.67. The summed E-state index contributed by atoms with van der Waals surface area (Å²) in [5.74, 6) is 0. The zero-order valence-electron chi connectivity index (χ0n) is 16.5. The van der Waals surface area contributed by atoms with E-state index in [9.17, 15) is 0 Å². The molecule has 0 aromatic rings. The number of ether oxygens (including phenoxy) is 1. The molecule has 2 atom stereocenters. The standard InChI is InChI=1S/C23H42O/c1-3-5-7-8-9-10-11-12-13-14-15-16-17-19-21-23-22(24-23)20-18-6-4-2/h6,17-19,22-23H,3-5,7-16,20-21H2,1-2H3/b18-6-,19-17-. The topological polar surface area (TPSA) is 12.5 Å². The number of epoxide rings is 1. The van der Waals surface area contributed by atoms with E-state index in [4.69, 9.17) is 4.74 Å². The zero-order valence-corrected chi connectivity index (χ0v) is 16.5. The number of hydrogen-bond donors (Lipinski definition) is 0. The van der Waals surface area contributed by atoms with Gasteiger partial charge in [0.1, 0.15) is 0 Å². The Kier molecular flexibility index (Phi) is 14.3. The smallest absolute Gasteiger partial charge is 0.0879 e. The minimum atomic E-state index is 0.499. The third-order valence-electron chi connectivity index (χ3n) is 4.97. The molecule has 1 nitrogen and oxygen atoms in total. The molecule has 1 saturated heterocycles. The van der Waals surface area contributed by atoms with E-state index in [1.807, 2.05) is 0 Å². The van der Waals surface area contributed by atoms with Crippen LogP contribution in [0.2, 0.25) is 0 Å².